The van der Waals surface area contributed by atoms with Crippen LogP contribution in [0.2, 0.25) is 0 Å². The summed E-state index contributed by atoms with van der Waals surface area (Å²) in [7, 11) is 1.45. The lowest BCUT2D eigenvalue weighted by atomic mass is 10.1. The van der Waals surface area contributed by atoms with Crippen molar-refractivity contribution in [1.29, 1.82) is 0 Å². The first-order valence-corrected chi connectivity index (χ1v) is 16.1. The van der Waals surface area contributed by atoms with Gasteiger partial charge in [0, 0.05) is 31.9 Å². The number of hydrogen-bond donors (Lipinski definition) is 1. The van der Waals surface area contributed by atoms with Crippen molar-refractivity contribution in [1.82, 2.24) is 34.0 Å². The number of fused-ring (bicyclic) bond motifs is 1. The smallest absolute Gasteiger partial charge is 0.416 e. The van der Waals surface area contributed by atoms with Crippen LogP contribution in [-0.4, -0.2) is 92.3 Å². The van der Waals surface area contributed by atoms with E-state index >= 15 is 0 Å². The maximum Gasteiger partial charge on any atom is 0.416 e. The number of carbonyl (C=O) groups excluding carboxylic acids is 2. The molecule has 0 spiro atoms. The second kappa shape index (κ2) is 13.9. The van der Waals surface area contributed by atoms with Crippen LogP contribution < -0.4 is 20.5 Å². The number of alkyl halides is 3. The normalized spacial score (nSPS) is 15.3. The summed E-state index contributed by atoms with van der Waals surface area (Å²) in [6.07, 6.45) is -0.488. The summed E-state index contributed by atoms with van der Waals surface area (Å²) >= 11 is 0. The molecule has 4 aromatic rings. The first kappa shape index (κ1) is 34.5. The van der Waals surface area contributed by atoms with Crippen LogP contribution in [0.4, 0.5) is 24.5 Å². The average Bonchev–Trinajstić information content (AvgIpc) is 3.56. The van der Waals surface area contributed by atoms with Crippen molar-refractivity contribution in [3.8, 4) is 5.75 Å². The number of nitrogens with zero attached hydrogens (tertiary/aromatic N) is 8. The Morgan fingerprint density at radius 1 is 1.10 bits per heavy atom. The van der Waals surface area contributed by atoms with Crippen LogP contribution in [0.15, 0.2) is 35.4 Å². The molecular weight excluding hydrogens is 659 g/mol. The zero-order chi connectivity index (χ0) is 35.7. The molecule has 0 aliphatic carbocycles. The first-order chi connectivity index (χ1) is 23.9. The van der Waals surface area contributed by atoms with Gasteiger partial charge in [0.15, 0.2) is 17.3 Å². The van der Waals surface area contributed by atoms with E-state index in [1.807, 2.05) is 17.9 Å². The van der Waals surface area contributed by atoms with Gasteiger partial charge in [-0.05, 0) is 56.0 Å². The molecule has 14 nitrogen and oxygen atoms in total. The summed E-state index contributed by atoms with van der Waals surface area (Å²) in [5.41, 5.74) is 1.56. The number of carbonyl (C=O) groups is 2. The standard InChI is InChI=1S/C33H36F3N9O5/c1-5-24-27(42-10-12-43(13-11-42)30(47)26-28(49-4)20(3)37-18-38-26)31(48)45-32(40-29(41-45)21-8-14-50-15-9-21)44(24)17-25(46)39-23-7-6-22(16-19(23)2)33(34,35)36/h6-8,16,18H,5,9-15,17H2,1-4H3,(H,39,46). The van der Waals surface area contributed by atoms with E-state index in [0.29, 0.717) is 67.8 Å². The topological polar surface area (TPSA) is 149 Å². The van der Waals surface area contributed by atoms with Gasteiger partial charge >= 0.3 is 6.18 Å². The predicted molar refractivity (Wildman–Crippen MR) is 176 cm³/mol. The molecule has 1 aromatic carbocycles. The summed E-state index contributed by atoms with van der Waals surface area (Å²) in [5, 5.41) is 7.28. The quantitative estimate of drug-likeness (QED) is 0.291. The Kier molecular flexibility index (Phi) is 9.60. The molecule has 0 unspecified atom stereocenters. The molecule has 1 N–H and O–H groups in total. The summed E-state index contributed by atoms with van der Waals surface area (Å²) in [6.45, 7) is 6.74. The van der Waals surface area contributed by atoms with Crippen LogP contribution in [0, 0.1) is 13.8 Å². The number of benzene rings is 1. The van der Waals surface area contributed by atoms with E-state index in [-0.39, 0.29) is 48.3 Å². The highest BCUT2D eigenvalue weighted by Crippen LogP contribution is 2.32. The van der Waals surface area contributed by atoms with Gasteiger partial charge in [-0.25, -0.2) is 9.97 Å². The summed E-state index contributed by atoms with van der Waals surface area (Å²) in [5.74, 6) is -0.0676. The second-order valence-electron chi connectivity index (χ2n) is 11.9. The minimum Gasteiger partial charge on any atom is -0.492 e. The van der Waals surface area contributed by atoms with Crippen molar-refractivity contribution in [2.45, 2.75) is 46.3 Å². The van der Waals surface area contributed by atoms with E-state index in [9.17, 15) is 27.6 Å². The Hall–Kier alpha value is -5.32. The van der Waals surface area contributed by atoms with Gasteiger partial charge in [-0.2, -0.15) is 22.7 Å². The lowest BCUT2D eigenvalue weighted by Gasteiger charge is -2.36. The molecule has 0 bridgehead atoms. The largest absolute Gasteiger partial charge is 0.492 e. The monoisotopic (exact) mass is 695 g/mol. The highest BCUT2D eigenvalue weighted by atomic mass is 19.4. The van der Waals surface area contributed by atoms with Crippen LogP contribution in [0.3, 0.4) is 0 Å². The maximum atomic E-state index is 14.2. The molecule has 2 aliphatic rings. The Morgan fingerprint density at radius 2 is 1.86 bits per heavy atom. The molecule has 50 heavy (non-hydrogen) atoms. The number of methoxy groups -OCH3 is 1. The number of amides is 2. The Balaban J connectivity index is 1.34. The molecule has 264 valence electrons. The van der Waals surface area contributed by atoms with Crippen LogP contribution in [0.5, 0.6) is 5.75 Å². The molecule has 2 amide bonds. The SMILES string of the molecule is CCc1c(N2CCN(C(=O)c3ncnc(C)c3OC)CC2)c(=O)n2nc(C3=CCOCC3)nc2n1CC(=O)Nc1ccc(C(F)(F)F)cc1C. The van der Waals surface area contributed by atoms with Crippen molar-refractivity contribution in [3.63, 3.8) is 0 Å². The minimum atomic E-state index is -4.52. The summed E-state index contributed by atoms with van der Waals surface area (Å²) < 4.78 is 53.4. The first-order valence-electron chi connectivity index (χ1n) is 16.1. The van der Waals surface area contributed by atoms with Gasteiger partial charge in [-0.3, -0.25) is 14.4 Å². The predicted octanol–water partition coefficient (Wildman–Crippen LogP) is 3.29. The van der Waals surface area contributed by atoms with Crippen molar-refractivity contribution >= 4 is 34.5 Å². The van der Waals surface area contributed by atoms with Crippen LogP contribution in [0.25, 0.3) is 11.4 Å². The number of aromatic nitrogens is 6. The zero-order valence-corrected chi connectivity index (χ0v) is 28.0. The highest BCUT2D eigenvalue weighted by molar-refractivity contribution is 5.95. The van der Waals surface area contributed by atoms with Crippen molar-refractivity contribution in [2.75, 3.05) is 56.7 Å². The van der Waals surface area contributed by atoms with Gasteiger partial charge in [0.1, 0.15) is 18.6 Å². The molecule has 0 atom stereocenters. The van der Waals surface area contributed by atoms with Crippen molar-refractivity contribution in [2.24, 2.45) is 0 Å². The zero-order valence-electron chi connectivity index (χ0n) is 28.0. The van der Waals surface area contributed by atoms with E-state index in [0.717, 1.165) is 17.7 Å². The van der Waals surface area contributed by atoms with Gasteiger partial charge in [0.25, 0.3) is 11.5 Å². The third-order valence-corrected chi connectivity index (χ3v) is 8.81. The average molecular weight is 696 g/mol. The number of aryl methyl sites for hydroxylation is 2. The van der Waals surface area contributed by atoms with E-state index in [1.54, 1.807) is 16.4 Å². The molecule has 3 aromatic heterocycles. The Labute approximate surface area is 284 Å². The van der Waals surface area contributed by atoms with Crippen LogP contribution in [0.1, 0.15) is 52.2 Å². The third-order valence-electron chi connectivity index (χ3n) is 8.81. The van der Waals surface area contributed by atoms with Crippen molar-refractivity contribution < 1.29 is 32.2 Å². The van der Waals surface area contributed by atoms with Gasteiger partial charge in [-0.1, -0.05) is 13.0 Å². The molecule has 17 heteroatoms. The van der Waals surface area contributed by atoms with Gasteiger partial charge in [0.05, 0.1) is 37.3 Å². The molecule has 0 saturated carbocycles. The highest BCUT2D eigenvalue weighted by Gasteiger charge is 2.32. The number of halogens is 3. The molecule has 1 fully saturated rings. The molecule has 2 aliphatic heterocycles. The molecule has 0 radical (unpaired) electrons. The molecule has 5 heterocycles. The van der Waals surface area contributed by atoms with E-state index in [1.165, 1.54) is 30.9 Å². The van der Waals surface area contributed by atoms with E-state index in [4.69, 9.17) is 14.5 Å². The fraction of sp³-hybridized carbons (Fsp3) is 0.424. The fourth-order valence-corrected chi connectivity index (χ4v) is 6.25. The number of nitrogens with one attached hydrogen (secondary N) is 1. The van der Waals surface area contributed by atoms with Gasteiger partial charge in [-0.15, -0.1) is 5.10 Å². The summed E-state index contributed by atoms with van der Waals surface area (Å²) in [6, 6.07) is 3.10. The van der Waals surface area contributed by atoms with Gasteiger partial charge < -0.3 is 29.2 Å². The van der Waals surface area contributed by atoms with E-state index < -0.39 is 23.2 Å². The Morgan fingerprint density at radius 3 is 2.50 bits per heavy atom. The molecular formula is C33H36F3N9O5. The molecule has 6 rings (SSSR count). The lowest BCUT2D eigenvalue weighted by molar-refractivity contribution is -0.137. The van der Waals surface area contributed by atoms with Crippen molar-refractivity contribution in [3.05, 3.63) is 75.0 Å². The van der Waals surface area contributed by atoms with Crippen LogP contribution >= 0.6 is 0 Å². The lowest BCUT2D eigenvalue weighted by Crippen LogP contribution is -2.51. The number of anilines is 2. The van der Waals surface area contributed by atoms with Gasteiger partial charge in [0.2, 0.25) is 11.7 Å². The van der Waals surface area contributed by atoms with Crippen LogP contribution in [-0.2, 0) is 28.7 Å². The number of hydrogen-bond acceptors (Lipinski definition) is 10. The summed E-state index contributed by atoms with van der Waals surface area (Å²) in [4.78, 5) is 57.6. The Bertz CT molecular complexity index is 2050. The third kappa shape index (κ3) is 6.64. The number of ether oxygens (including phenoxy) is 2. The number of piperazine rings is 1. The van der Waals surface area contributed by atoms with E-state index in [2.05, 4.69) is 20.4 Å². The second-order valence-corrected chi connectivity index (χ2v) is 11.9. The maximum absolute atomic E-state index is 14.2. The fourth-order valence-electron chi connectivity index (χ4n) is 6.25. The minimum absolute atomic E-state index is 0.150. The molecule has 1 saturated heterocycles. The number of rotatable bonds is 8.